The number of amides is 1. The van der Waals surface area contributed by atoms with E-state index in [1.165, 1.54) is 0 Å². The van der Waals surface area contributed by atoms with Crippen LogP contribution < -0.4 is 20.5 Å². The maximum Gasteiger partial charge on any atom is 0.223 e. The number of benzene rings is 1. The van der Waals surface area contributed by atoms with Crippen LogP contribution in [0.15, 0.2) is 18.2 Å². The van der Waals surface area contributed by atoms with Crippen molar-refractivity contribution in [3.63, 3.8) is 0 Å². The number of rotatable bonds is 9. The first-order valence-electron chi connectivity index (χ1n) is 7.07. The molecule has 1 aromatic carbocycles. The van der Waals surface area contributed by atoms with Gasteiger partial charge < -0.3 is 20.5 Å². The summed E-state index contributed by atoms with van der Waals surface area (Å²) in [7, 11) is 0. The second kappa shape index (κ2) is 9.20. The van der Waals surface area contributed by atoms with Gasteiger partial charge in [-0.05, 0) is 38.4 Å². The number of hydrogen-bond donors (Lipinski definition) is 2. The highest BCUT2D eigenvalue weighted by Crippen LogP contribution is 2.31. The fourth-order valence-electron chi connectivity index (χ4n) is 1.88. The summed E-state index contributed by atoms with van der Waals surface area (Å²) in [5, 5.41) is 2.74. The Hall–Kier alpha value is -1.75. The number of nitrogens with two attached hydrogens (primary N) is 1. The molecule has 0 unspecified atom stereocenters. The predicted molar refractivity (Wildman–Crippen MR) is 79.2 cm³/mol. The molecule has 0 heterocycles. The highest BCUT2D eigenvalue weighted by Gasteiger charge is 2.11. The molecule has 0 radical (unpaired) electrons. The smallest absolute Gasteiger partial charge is 0.223 e. The van der Waals surface area contributed by atoms with Gasteiger partial charge in [0.1, 0.15) is 0 Å². The Bertz CT molecular complexity index is 397. The number of nitrogens with one attached hydrogen (secondary N) is 1. The van der Waals surface area contributed by atoms with Gasteiger partial charge in [-0.1, -0.05) is 12.1 Å². The molecular weight excluding hydrogens is 256 g/mol. The topological polar surface area (TPSA) is 73.6 Å². The molecule has 0 saturated carbocycles. The van der Waals surface area contributed by atoms with Crippen LogP contribution in [0.4, 0.5) is 0 Å². The van der Waals surface area contributed by atoms with Crippen LogP contribution in [0.25, 0.3) is 0 Å². The number of carbonyl (C=O) groups excluding carboxylic acids is 1. The van der Waals surface area contributed by atoms with Gasteiger partial charge in [0.15, 0.2) is 11.5 Å². The molecule has 0 aliphatic rings. The van der Waals surface area contributed by atoms with Crippen molar-refractivity contribution >= 4 is 5.91 Å². The molecule has 0 aliphatic carbocycles. The summed E-state index contributed by atoms with van der Waals surface area (Å²) < 4.78 is 11.3. The summed E-state index contributed by atoms with van der Waals surface area (Å²) in [5.41, 5.74) is 6.62. The van der Waals surface area contributed by atoms with Gasteiger partial charge in [0.25, 0.3) is 0 Å². The van der Waals surface area contributed by atoms with E-state index in [-0.39, 0.29) is 5.91 Å². The van der Waals surface area contributed by atoms with Crippen LogP contribution in [0.2, 0.25) is 0 Å². The van der Waals surface area contributed by atoms with Crippen LogP contribution in [-0.2, 0) is 11.2 Å². The van der Waals surface area contributed by atoms with Crippen LogP contribution >= 0.6 is 0 Å². The average Bonchev–Trinajstić information content (AvgIpc) is 2.42. The number of carbonyl (C=O) groups is 1. The van der Waals surface area contributed by atoms with Crippen LogP contribution in [0, 0.1) is 0 Å². The minimum Gasteiger partial charge on any atom is -0.490 e. The van der Waals surface area contributed by atoms with E-state index < -0.39 is 0 Å². The van der Waals surface area contributed by atoms with Crippen LogP contribution in [0.5, 0.6) is 11.5 Å². The molecule has 0 aromatic heterocycles. The third-order valence-electron chi connectivity index (χ3n) is 2.72. The lowest BCUT2D eigenvalue weighted by Crippen LogP contribution is -2.24. The van der Waals surface area contributed by atoms with E-state index in [0.717, 1.165) is 12.0 Å². The lowest BCUT2D eigenvalue weighted by molar-refractivity contribution is -0.121. The van der Waals surface area contributed by atoms with Crippen molar-refractivity contribution in [3.8, 4) is 11.5 Å². The molecule has 0 fully saturated rings. The van der Waals surface area contributed by atoms with E-state index in [1.54, 1.807) is 0 Å². The van der Waals surface area contributed by atoms with Crippen LogP contribution in [-0.4, -0.2) is 32.2 Å². The SMILES string of the molecule is CCNC(=O)CCOc1c(CCN)cccc1OCC. The Morgan fingerprint density at radius 1 is 1.30 bits per heavy atom. The molecular formula is C15H24N2O3. The second-order valence-corrected chi connectivity index (χ2v) is 4.27. The maximum atomic E-state index is 11.4. The minimum absolute atomic E-state index is 0.0123. The van der Waals surface area contributed by atoms with Crippen LogP contribution in [0.3, 0.4) is 0 Å². The molecule has 0 bridgehead atoms. The fraction of sp³-hybridized carbons (Fsp3) is 0.533. The molecule has 0 spiro atoms. The molecule has 1 amide bonds. The average molecular weight is 280 g/mol. The van der Waals surface area contributed by atoms with Gasteiger partial charge in [-0.3, -0.25) is 4.79 Å². The Morgan fingerprint density at radius 2 is 2.10 bits per heavy atom. The Labute approximate surface area is 120 Å². The van der Waals surface area contributed by atoms with E-state index in [0.29, 0.717) is 44.2 Å². The molecule has 112 valence electrons. The van der Waals surface area contributed by atoms with E-state index in [1.807, 2.05) is 32.0 Å². The third kappa shape index (κ3) is 5.09. The molecule has 1 aromatic rings. The highest BCUT2D eigenvalue weighted by atomic mass is 16.5. The summed E-state index contributed by atoms with van der Waals surface area (Å²) in [4.78, 5) is 11.4. The Morgan fingerprint density at radius 3 is 2.75 bits per heavy atom. The lowest BCUT2D eigenvalue weighted by atomic mass is 10.1. The third-order valence-corrected chi connectivity index (χ3v) is 2.72. The molecule has 20 heavy (non-hydrogen) atoms. The normalized spacial score (nSPS) is 10.2. The molecule has 0 atom stereocenters. The largest absolute Gasteiger partial charge is 0.490 e. The zero-order chi connectivity index (χ0) is 14.8. The Kier molecular flexibility index (Phi) is 7.50. The summed E-state index contributed by atoms with van der Waals surface area (Å²) in [6.45, 7) is 5.89. The molecule has 0 saturated heterocycles. The van der Waals surface area contributed by atoms with Crippen molar-refractivity contribution in [3.05, 3.63) is 23.8 Å². The van der Waals surface area contributed by atoms with E-state index in [9.17, 15) is 4.79 Å². The molecule has 0 aliphatic heterocycles. The monoisotopic (exact) mass is 280 g/mol. The van der Waals surface area contributed by atoms with Crippen molar-refractivity contribution in [2.75, 3.05) is 26.3 Å². The maximum absolute atomic E-state index is 11.4. The number of para-hydroxylation sites is 1. The molecule has 5 nitrogen and oxygen atoms in total. The Balaban J connectivity index is 2.71. The first kappa shape index (κ1) is 16.3. The van der Waals surface area contributed by atoms with Crippen molar-refractivity contribution in [2.45, 2.75) is 26.7 Å². The molecule has 5 heteroatoms. The summed E-state index contributed by atoms with van der Waals surface area (Å²) in [6, 6.07) is 5.76. The summed E-state index contributed by atoms with van der Waals surface area (Å²) in [5.74, 6) is 1.39. The summed E-state index contributed by atoms with van der Waals surface area (Å²) in [6.07, 6.45) is 1.05. The first-order valence-corrected chi connectivity index (χ1v) is 7.07. The van der Waals surface area contributed by atoms with Gasteiger partial charge in [0.2, 0.25) is 5.91 Å². The van der Waals surface area contributed by atoms with Crippen molar-refractivity contribution in [2.24, 2.45) is 5.73 Å². The van der Waals surface area contributed by atoms with Gasteiger partial charge in [-0.15, -0.1) is 0 Å². The van der Waals surface area contributed by atoms with Crippen molar-refractivity contribution in [1.82, 2.24) is 5.32 Å². The predicted octanol–water partition coefficient (Wildman–Crippen LogP) is 1.49. The van der Waals surface area contributed by atoms with Crippen LogP contribution in [0.1, 0.15) is 25.8 Å². The standard InChI is InChI=1S/C15H24N2O3/c1-3-17-14(18)9-11-20-15-12(8-10-16)6-5-7-13(15)19-4-2/h5-7H,3-4,8-11,16H2,1-2H3,(H,17,18). The van der Waals surface area contributed by atoms with Gasteiger partial charge in [0.05, 0.1) is 19.6 Å². The van der Waals surface area contributed by atoms with Gasteiger partial charge >= 0.3 is 0 Å². The van der Waals surface area contributed by atoms with Gasteiger partial charge in [0, 0.05) is 6.54 Å². The second-order valence-electron chi connectivity index (χ2n) is 4.27. The fourth-order valence-corrected chi connectivity index (χ4v) is 1.88. The number of hydrogen-bond acceptors (Lipinski definition) is 4. The highest BCUT2D eigenvalue weighted by molar-refractivity contribution is 5.75. The number of ether oxygens (including phenoxy) is 2. The lowest BCUT2D eigenvalue weighted by Gasteiger charge is -2.15. The molecule has 3 N–H and O–H groups in total. The summed E-state index contributed by atoms with van der Waals surface area (Å²) >= 11 is 0. The van der Waals surface area contributed by atoms with E-state index in [2.05, 4.69) is 5.32 Å². The quantitative estimate of drug-likeness (QED) is 0.719. The van der Waals surface area contributed by atoms with Gasteiger partial charge in [-0.2, -0.15) is 0 Å². The zero-order valence-corrected chi connectivity index (χ0v) is 12.3. The van der Waals surface area contributed by atoms with E-state index in [4.69, 9.17) is 15.2 Å². The molecule has 1 rings (SSSR count). The van der Waals surface area contributed by atoms with Crippen molar-refractivity contribution < 1.29 is 14.3 Å². The first-order chi connectivity index (χ1) is 9.72. The van der Waals surface area contributed by atoms with Crippen molar-refractivity contribution in [1.29, 1.82) is 0 Å². The zero-order valence-electron chi connectivity index (χ0n) is 12.3. The minimum atomic E-state index is -0.0123. The van der Waals surface area contributed by atoms with E-state index >= 15 is 0 Å². The van der Waals surface area contributed by atoms with Gasteiger partial charge in [-0.25, -0.2) is 0 Å².